The molecule has 1 fully saturated rings. The number of hydrogen-bond acceptors (Lipinski definition) is 4. The fraction of sp³-hybridized carbons (Fsp3) is 0.929. The Balaban J connectivity index is 2.22. The zero-order valence-electron chi connectivity index (χ0n) is 11.9. The molecular formula is C14H27NO3. The monoisotopic (exact) mass is 257 g/mol. The SMILES string of the molecule is CC(C)(C)OC(=O)CCNC1CCCCCC1O. The lowest BCUT2D eigenvalue weighted by Crippen LogP contribution is -2.40. The number of aliphatic hydroxyl groups excluding tert-OH is 1. The largest absolute Gasteiger partial charge is 0.460 e. The quantitative estimate of drug-likeness (QED) is 0.597. The van der Waals surface area contributed by atoms with Crippen molar-refractivity contribution in [2.24, 2.45) is 0 Å². The maximum absolute atomic E-state index is 11.5. The smallest absolute Gasteiger partial charge is 0.307 e. The standard InChI is InChI=1S/C14H27NO3/c1-14(2,3)18-13(17)9-10-15-11-7-5-4-6-8-12(11)16/h11-12,15-16H,4-10H2,1-3H3. The molecule has 0 saturated heterocycles. The summed E-state index contributed by atoms with van der Waals surface area (Å²) in [6.07, 6.45) is 5.40. The van der Waals surface area contributed by atoms with Crippen LogP contribution < -0.4 is 5.32 Å². The van der Waals surface area contributed by atoms with Crippen LogP contribution >= 0.6 is 0 Å². The van der Waals surface area contributed by atoms with Crippen LogP contribution in [-0.4, -0.2) is 35.4 Å². The highest BCUT2D eigenvalue weighted by molar-refractivity contribution is 5.70. The minimum atomic E-state index is -0.418. The number of carbonyl (C=O) groups excluding carboxylic acids is 1. The maximum atomic E-state index is 11.5. The van der Waals surface area contributed by atoms with Gasteiger partial charge in [0.15, 0.2) is 0 Å². The lowest BCUT2D eigenvalue weighted by molar-refractivity contribution is -0.154. The molecule has 106 valence electrons. The highest BCUT2D eigenvalue weighted by Crippen LogP contribution is 2.18. The molecular weight excluding hydrogens is 230 g/mol. The van der Waals surface area contributed by atoms with E-state index >= 15 is 0 Å². The van der Waals surface area contributed by atoms with Gasteiger partial charge in [0.25, 0.3) is 0 Å². The Kier molecular flexibility index (Phi) is 6.09. The molecule has 0 aromatic heterocycles. The number of carbonyl (C=O) groups is 1. The number of ether oxygens (including phenoxy) is 1. The van der Waals surface area contributed by atoms with Crippen molar-refractivity contribution in [3.63, 3.8) is 0 Å². The molecule has 0 aliphatic heterocycles. The summed E-state index contributed by atoms with van der Waals surface area (Å²) in [5, 5.41) is 13.2. The van der Waals surface area contributed by atoms with Crippen molar-refractivity contribution in [2.75, 3.05) is 6.54 Å². The molecule has 4 nitrogen and oxygen atoms in total. The van der Waals surface area contributed by atoms with Crippen LogP contribution in [0.15, 0.2) is 0 Å². The van der Waals surface area contributed by atoms with Crippen molar-refractivity contribution < 1.29 is 14.6 Å². The molecule has 2 unspecified atom stereocenters. The van der Waals surface area contributed by atoms with Gasteiger partial charge >= 0.3 is 5.97 Å². The summed E-state index contributed by atoms with van der Waals surface area (Å²) in [6.45, 7) is 6.19. The van der Waals surface area contributed by atoms with Crippen molar-refractivity contribution >= 4 is 5.97 Å². The van der Waals surface area contributed by atoms with Gasteiger partial charge in [-0.2, -0.15) is 0 Å². The second-order valence-corrected chi connectivity index (χ2v) is 6.10. The number of aliphatic hydroxyl groups is 1. The summed E-state index contributed by atoms with van der Waals surface area (Å²) in [5.41, 5.74) is -0.418. The van der Waals surface area contributed by atoms with E-state index in [2.05, 4.69) is 5.32 Å². The van der Waals surface area contributed by atoms with E-state index in [4.69, 9.17) is 4.74 Å². The van der Waals surface area contributed by atoms with Gasteiger partial charge in [-0.15, -0.1) is 0 Å². The fourth-order valence-electron chi connectivity index (χ4n) is 2.28. The third kappa shape index (κ3) is 6.36. The molecule has 4 heteroatoms. The molecule has 1 aliphatic carbocycles. The minimum Gasteiger partial charge on any atom is -0.460 e. The van der Waals surface area contributed by atoms with E-state index in [0.29, 0.717) is 13.0 Å². The Bertz CT molecular complexity index is 260. The molecule has 0 aromatic carbocycles. The lowest BCUT2D eigenvalue weighted by Gasteiger charge is -2.23. The number of nitrogens with one attached hydrogen (secondary N) is 1. The molecule has 0 radical (unpaired) electrons. The van der Waals surface area contributed by atoms with Gasteiger partial charge in [-0.1, -0.05) is 19.3 Å². The van der Waals surface area contributed by atoms with E-state index in [1.807, 2.05) is 20.8 Å². The summed E-state index contributed by atoms with van der Waals surface area (Å²) in [4.78, 5) is 11.5. The average molecular weight is 257 g/mol. The first kappa shape index (κ1) is 15.4. The van der Waals surface area contributed by atoms with Crippen LogP contribution in [0, 0.1) is 0 Å². The molecule has 2 atom stereocenters. The van der Waals surface area contributed by atoms with E-state index in [1.54, 1.807) is 0 Å². The predicted molar refractivity (Wildman–Crippen MR) is 71.3 cm³/mol. The summed E-state index contributed by atoms with van der Waals surface area (Å²) < 4.78 is 5.24. The Morgan fingerprint density at radius 1 is 1.28 bits per heavy atom. The first-order valence-electron chi connectivity index (χ1n) is 7.02. The topological polar surface area (TPSA) is 58.6 Å². The molecule has 0 spiro atoms. The summed E-state index contributed by atoms with van der Waals surface area (Å²) in [6, 6.07) is 0.134. The van der Waals surface area contributed by atoms with E-state index < -0.39 is 5.60 Å². The van der Waals surface area contributed by atoms with Gasteiger partial charge in [0, 0.05) is 12.6 Å². The van der Waals surface area contributed by atoms with E-state index in [1.165, 1.54) is 6.42 Å². The van der Waals surface area contributed by atoms with Crippen molar-refractivity contribution in [2.45, 2.75) is 77.0 Å². The Labute approximate surface area is 110 Å². The van der Waals surface area contributed by atoms with Crippen LogP contribution in [0.5, 0.6) is 0 Å². The van der Waals surface area contributed by atoms with Crippen molar-refractivity contribution in [1.29, 1.82) is 0 Å². The van der Waals surface area contributed by atoms with E-state index in [9.17, 15) is 9.90 Å². The zero-order valence-corrected chi connectivity index (χ0v) is 11.9. The van der Waals surface area contributed by atoms with Crippen molar-refractivity contribution in [3.8, 4) is 0 Å². The molecule has 18 heavy (non-hydrogen) atoms. The van der Waals surface area contributed by atoms with Crippen molar-refractivity contribution in [3.05, 3.63) is 0 Å². The van der Waals surface area contributed by atoms with E-state index in [-0.39, 0.29) is 18.1 Å². The number of hydrogen-bond donors (Lipinski definition) is 2. The third-order valence-corrected chi connectivity index (χ3v) is 3.14. The molecule has 0 bridgehead atoms. The Morgan fingerprint density at radius 2 is 1.94 bits per heavy atom. The number of esters is 1. The average Bonchev–Trinajstić information content (AvgIpc) is 2.41. The van der Waals surface area contributed by atoms with Gasteiger partial charge < -0.3 is 15.2 Å². The number of rotatable bonds is 4. The lowest BCUT2D eigenvalue weighted by atomic mass is 10.1. The minimum absolute atomic E-state index is 0.134. The van der Waals surface area contributed by atoms with Gasteiger partial charge in [-0.25, -0.2) is 0 Å². The highest BCUT2D eigenvalue weighted by Gasteiger charge is 2.21. The Morgan fingerprint density at radius 3 is 2.61 bits per heavy atom. The Hall–Kier alpha value is -0.610. The summed E-state index contributed by atoms with van der Waals surface area (Å²) in [5.74, 6) is -0.182. The maximum Gasteiger partial charge on any atom is 0.307 e. The van der Waals surface area contributed by atoms with Gasteiger partial charge in [0.1, 0.15) is 5.60 Å². The second kappa shape index (κ2) is 7.10. The molecule has 1 rings (SSSR count). The molecule has 0 heterocycles. The van der Waals surface area contributed by atoms with Gasteiger partial charge in [0.2, 0.25) is 0 Å². The van der Waals surface area contributed by atoms with Crippen LogP contribution in [0.25, 0.3) is 0 Å². The molecule has 1 aliphatic rings. The first-order chi connectivity index (χ1) is 8.38. The van der Waals surface area contributed by atoms with Crippen LogP contribution in [0.1, 0.15) is 59.3 Å². The van der Waals surface area contributed by atoms with Crippen LogP contribution in [0.4, 0.5) is 0 Å². The molecule has 1 saturated carbocycles. The van der Waals surface area contributed by atoms with Gasteiger partial charge in [0.05, 0.1) is 12.5 Å². The fourth-order valence-corrected chi connectivity index (χ4v) is 2.28. The highest BCUT2D eigenvalue weighted by atomic mass is 16.6. The zero-order chi connectivity index (χ0) is 13.6. The normalized spacial score (nSPS) is 25.6. The van der Waals surface area contributed by atoms with E-state index in [0.717, 1.165) is 25.7 Å². The van der Waals surface area contributed by atoms with Gasteiger partial charge in [-0.05, 0) is 33.6 Å². The van der Waals surface area contributed by atoms with Gasteiger partial charge in [-0.3, -0.25) is 4.79 Å². The van der Waals surface area contributed by atoms with Crippen molar-refractivity contribution in [1.82, 2.24) is 5.32 Å². The third-order valence-electron chi connectivity index (χ3n) is 3.14. The first-order valence-corrected chi connectivity index (χ1v) is 7.02. The second-order valence-electron chi connectivity index (χ2n) is 6.10. The predicted octanol–water partition coefficient (Wildman–Crippen LogP) is 2.00. The van der Waals surface area contributed by atoms with Crippen LogP contribution in [0.3, 0.4) is 0 Å². The summed E-state index contributed by atoms with van der Waals surface area (Å²) in [7, 11) is 0. The molecule has 0 aromatic rings. The van der Waals surface area contributed by atoms with Crippen LogP contribution in [0.2, 0.25) is 0 Å². The molecule has 0 amide bonds. The summed E-state index contributed by atoms with van der Waals surface area (Å²) >= 11 is 0. The van der Waals surface area contributed by atoms with Crippen LogP contribution in [-0.2, 0) is 9.53 Å². The molecule has 2 N–H and O–H groups in total.